The molecule has 0 bridgehead atoms. The van der Waals surface area contributed by atoms with Crippen LogP contribution in [0.4, 0.5) is 0 Å². The second kappa shape index (κ2) is 6.97. The van der Waals surface area contributed by atoms with Gasteiger partial charge in [-0.1, -0.05) is 13.3 Å². The van der Waals surface area contributed by atoms with E-state index in [-0.39, 0.29) is 5.97 Å². The van der Waals surface area contributed by atoms with Crippen LogP contribution in [0.2, 0.25) is 0 Å². The lowest BCUT2D eigenvalue weighted by atomic mass is 9.97. The number of methoxy groups -OCH3 is 1. The van der Waals surface area contributed by atoms with Crippen LogP contribution >= 0.6 is 0 Å². The van der Waals surface area contributed by atoms with Gasteiger partial charge in [0.05, 0.1) is 7.11 Å². The third-order valence-electron chi connectivity index (χ3n) is 3.58. The Bertz CT molecular complexity index is 240. The second-order valence-corrected chi connectivity index (χ2v) is 5.01. The van der Waals surface area contributed by atoms with Crippen molar-refractivity contribution in [2.45, 2.75) is 45.1 Å². The van der Waals surface area contributed by atoms with Crippen molar-refractivity contribution in [1.82, 2.24) is 10.2 Å². The minimum absolute atomic E-state index is 0.156. The van der Waals surface area contributed by atoms with Crippen LogP contribution in [-0.2, 0) is 9.53 Å². The summed E-state index contributed by atoms with van der Waals surface area (Å²) in [6.45, 7) is 8.05. The number of piperidine rings is 1. The van der Waals surface area contributed by atoms with Crippen molar-refractivity contribution in [2.24, 2.45) is 0 Å². The van der Waals surface area contributed by atoms with Gasteiger partial charge in [0.25, 0.3) is 0 Å². The molecule has 1 saturated heterocycles. The molecule has 17 heavy (non-hydrogen) atoms. The quantitative estimate of drug-likeness (QED) is 0.715. The largest absolute Gasteiger partial charge is 0.468 e. The minimum Gasteiger partial charge on any atom is -0.468 e. The summed E-state index contributed by atoms with van der Waals surface area (Å²) in [7, 11) is 1.46. The zero-order chi connectivity index (χ0) is 12.7. The van der Waals surface area contributed by atoms with E-state index in [1.165, 1.54) is 39.5 Å². The van der Waals surface area contributed by atoms with Gasteiger partial charge in [-0.15, -0.1) is 0 Å². The summed E-state index contributed by atoms with van der Waals surface area (Å²) < 4.78 is 4.89. The van der Waals surface area contributed by atoms with E-state index in [0.717, 1.165) is 19.5 Å². The standard InChI is InChI=1S/C13H26N2O2/c1-4-14-13(2,12(16)17-3)8-11-15-9-6-5-7-10-15/h14H,4-11H2,1-3H3. The second-order valence-electron chi connectivity index (χ2n) is 5.01. The van der Waals surface area contributed by atoms with E-state index in [1.807, 2.05) is 13.8 Å². The maximum absolute atomic E-state index is 11.8. The summed E-state index contributed by atoms with van der Waals surface area (Å²) in [5.41, 5.74) is -0.541. The molecular weight excluding hydrogens is 216 g/mol. The fourth-order valence-electron chi connectivity index (χ4n) is 2.44. The Hall–Kier alpha value is -0.610. The van der Waals surface area contributed by atoms with Crippen molar-refractivity contribution < 1.29 is 9.53 Å². The van der Waals surface area contributed by atoms with Crippen molar-refractivity contribution in [2.75, 3.05) is 33.3 Å². The molecule has 0 aliphatic carbocycles. The van der Waals surface area contributed by atoms with E-state index >= 15 is 0 Å². The highest BCUT2D eigenvalue weighted by Gasteiger charge is 2.33. The number of nitrogens with zero attached hydrogens (tertiary/aromatic N) is 1. The minimum atomic E-state index is -0.541. The number of hydrogen-bond acceptors (Lipinski definition) is 4. The zero-order valence-corrected chi connectivity index (χ0v) is 11.4. The van der Waals surface area contributed by atoms with Gasteiger partial charge >= 0.3 is 5.97 Å². The number of nitrogens with one attached hydrogen (secondary N) is 1. The lowest BCUT2D eigenvalue weighted by Crippen LogP contribution is -2.52. The molecule has 1 fully saturated rings. The normalized spacial score (nSPS) is 20.9. The van der Waals surface area contributed by atoms with Crippen LogP contribution in [0.25, 0.3) is 0 Å². The average molecular weight is 242 g/mol. The molecule has 1 N–H and O–H groups in total. The van der Waals surface area contributed by atoms with Gasteiger partial charge in [-0.05, 0) is 45.8 Å². The molecule has 1 aliphatic rings. The van der Waals surface area contributed by atoms with Crippen LogP contribution in [0, 0.1) is 0 Å². The summed E-state index contributed by atoms with van der Waals surface area (Å²) >= 11 is 0. The molecule has 1 aliphatic heterocycles. The van der Waals surface area contributed by atoms with Crippen LogP contribution in [0.3, 0.4) is 0 Å². The van der Waals surface area contributed by atoms with Crippen LogP contribution < -0.4 is 5.32 Å². The Morgan fingerprint density at radius 1 is 1.35 bits per heavy atom. The monoisotopic (exact) mass is 242 g/mol. The van der Waals surface area contributed by atoms with Gasteiger partial charge in [-0.2, -0.15) is 0 Å². The fraction of sp³-hybridized carbons (Fsp3) is 0.923. The predicted molar refractivity (Wildman–Crippen MR) is 69.0 cm³/mol. The molecule has 0 aromatic carbocycles. The molecule has 100 valence electrons. The summed E-state index contributed by atoms with van der Waals surface area (Å²) in [5, 5.41) is 3.25. The number of likely N-dealkylation sites (N-methyl/N-ethyl adjacent to an activating group) is 1. The van der Waals surface area contributed by atoms with Gasteiger partial charge in [0, 0.05) is 6.54 Å². The Labute approximate surface area is 105 Å². The number of rotatable bonds is 6. The van der Waals surface area contributed by atoms with Crippen molar-refractivity contribution in [3.8, 4) is 0 Å². The van der Waals surface area contributed by atoms with Gasteiger partial charge in [-0.3, -0.25) is 4.79 Å². The Balaban J connectivity index is 2.45. The third kappa shape index (κ3) is 4.28. The third-order valence-corrected chi connectivity index (χ3v) is 3.58. The van der Waals surface area contributed by atoms with Gasteiger partial charge in [0.1, 0.15) is 5.54 Å². The molecule has 1 atom stereocenters. The number of ether oxygens (including phenoxy) is 1. The van der Waals surface area contributed by atoms with E-state index in [1.54, 1.807) is 0 Å². The molecule has 0 saturated carbocycles. The summed E-state index contributed by atoms with van der Waals surface area (Å²) in [6, 6.07) is 0. The number of carbonyl (C=O) groups is 1. The van der Waals surface area contributed by atoms with Crippen LogP contribution in [-0.4, -0.2) is 49.7 Å². The first kappa shape index (κ1) is 14.5. The molecule has 4 nitrogen and oxygen atoms in total. The SMILES string of the molecule is CCNC(C)(CCN1CCCCC1)C(=O)OC. The molecule has 4 heteroatoms. The first-order valence-corrected chi connectivity index (χ1v) is 6.68. The first-order chi connectivity index (χ1) is 8.12. The topological polar surface area (TPSA) is 41.6 Å². The van der Waals surface area contributed by atoms with Gasteiger partial charge in [0.2, 0.25) is 0 Å². The van der Waals surface area contributed by atoms with E-state index in [2.05, 4.69) is 10.2 Å². The number of hydrogen-bond donors (Lipinski definition) is 1. The molecule has 1 unspecified atom stereocenters. The van der Waals surface area contributed by atoms with Crippen molar-refractivity contribution in [1.29, 1.82) is 0 Å². The van der Waals surface area contributed by atoms with E-state index in [0.29, 0.717) is 0 Å². The molecule has 0 amide bonds. The smallest absolute Gasteiger partial charge is 0.325 e. The molecule has 0 spiro atoms. The highest BCUT2D eigenvalue weighted by molar-refractivity contribution is 5.80. The molecule has 0 aromatic heterocycles. The Kier molecular flexibility index (Phi) is 5.92. The molecule has 0 aromatic rings. The fourth-order valence-corrected chi connectivity index (χ4v) is 2.44. The molecule has 0 radical (unpaired) electrons. The van der Waals surface area contributed by atoms with Gasteiger partial charge < -0.3 is 15.0 Å². The summed E-state index contributed by atoms with van der Waals surface area (Å²) in [4.78, 5) is 14.2. The first-order valence-electron chi connectivity index (χ1n) is 6.68. The Morgan fingerprint density at radius 3 is 2.53 bits per heavy atom. The van der Waals surface area contributed by atoms with Gasteiger partial charge in [-0.25, -0.2) is 0 Å². The van der Waals surface area contributed by atoms with Crippen molar-refractivity contribution in [3.05, 3.63) is 0 Å². The lowest BCUT2D eigenvalue weighted by Gasteiger charge is -2.32. The maximum atomic E-state index is 11.8. The van der Waals surface area contributed by atoms with Crippen LogP contribution in [0.5, 0.6) is 0 Å². The maximum Gasteiger partial charge on any atom is 0.325 e. The highest BCUT2D eigenvalue weighted by Crippen LogP contribution is 2.15. The number of likely N-dealkylation sites (tertiary alicyclic amines) is 1. The lowest BCUT2D eigenvalue weighted by molar-refractivity contribution is -0.148. The Morgan fingerprint density at radius 2 is 2.00 bits per heavy atom. The molecule has 1 rings (SSSR count). The van der Waals surface area contributed by atoms with Gasteiger partial charge in [0.15, 0.2) is 0 Å². The van der Waals surface area contributed by atoms with E-state index < -0.39 is 5.54 Å². The van der Waals surface area contributed by atoms with Crippen LogP contribution in [0.15, 0.2) is 0 Å². The summed E-state index contributed by atoms with van der Waals surface area (Å²) in [5.74, 6) is -0.156. The van der Waals surface area contributed by atoms with Crippen molar-refractivity contribution >= 4 is 5.97 Å². The number of carbonyl (C=O) groups excluding carboxylic acids is 1. The average Bonchev–Trinajstić information content (AvgIpc) is 2.37. The van der Waals surface area contributed by atoms with E-state index in [9.17, 15) is 4.79 Å². The van der Waals surface area contributed by atoms with E-state index in [4.69, 9.17) is 4.74 Å². The predicted octanol–water partition coefficient (Wildman–Crippen LogP) is 1.40. The summed E-state index contributed by atoms with van der Waals surface area (Å²) in [6.07, 6.45) is 4.73. The van der Waals surface area contributed by atoms with Crippen molar-refractivity contribution in [3.63, 3.8) is 0 Å². The van der Waals surface area contributed by atoms with Crippen LogP contribution in [0.1, 0.15) is 39.5 Å². The number of esters is 1. The molecule has 1 heterocycles. The highest BCUT2D eigenvalue weighted by atomic mass is 16.5. The molecular formula is C13H26N2O2. The zero-order valence-electron chi connectivity index (χ0n) is 11.4.